The van der Waals surface area contributed by atoms with Gasteiger partial charge in [-0.2, -0.15) is 0 Å². The highest BCUT2D eigenvalue weighted by Gasteiger charge is 2.45. The molecule has 2 aromatic carbocycles. The van der Waals surface area contributed by atoms with Crippen LogP contribution >= 0.6 is 0 Å². The van der Waals surface area contributed by atoms with Crippen molar-refractivity contribution >= 4 is 17.4 Å². The van der Waals surface area contributed by atoms with Crippen LogP contribution in [0.15, 0.2) is 54.1 Å². The van der Waals surface area contributed by atoms with Crippen molar-refractivity contribution < 1.29 is 24.2 Å². The molecule has 0 radical (unpaired) electrons. The predicted octanol–water partition coefficient (Wildman–Crippen LogP) is 5.27. The number of aliphatic hydroxyl groups is 1. The fourth-order valence-electron chi connectivity index (χ4n) is 4.02. The van der Waals surface area contributed by atoms with Gasteiger partial charge in [-0.3, -0.25) is 9.59 Å². The summed E-state index contributed by atoms with van der Waals surface area (Å²) >= 11 is 0. The lowest BCUT2D eigenvalue weighted by atomic mass is 9.95. The quantitative estimate of drug-likeness (QED) is 0.224. The average Bonchev–Trinajstić information content (AvgIpc) is 3.05. The van der Waals surface area contributed by atoms with Crippen molar-refractivity contribution in [2.45, 2.75) is 53.2 Å². The standard InChI is InChI=1S/C28H35NO5/c1-18(2)17-34-23-13-12-22(16-20(23)5)26(30)24-25(21-10-7-6-8-11-21)29(28(32)27(24)31)14-9-15-33-19(3)4/h6-8,10-13,16,18-19,25,30H,9,14-15,17H2,1-5H3/b26-24-. The number of ketones is 1. The number of ether oxygens (including phenoxy) is 2. The number of hydrogen-bond donors (Lipinski definition) is 1. The van der Waals surface area contributed by atoms with E-state index in [1.54, 1.807) is 23.1 Å². The maximum absolute atomic E-state index is 13.1. The smallest absolute Gasteiger partial charge is 0.295 e. The normalized spacial score (nSPS) is 17.7. The third-order valence-electron chi connectivity index (χ3n) is 5.67. The third kappa shape index (κ3) is 5.86. The number of carbonyl (C=O) groups is 2. The Bertz CT molecular complexity index is 1040. The average molecular weight is 466 g/mol. The molecule has 34 heavy (non-hydrogen) atoms. The molecule has 1 saturated heterocycles. The molecule has 6 heteroatoms. The first-order valence-electron chi connectivity index (χ1n) is 11.9. The summed E-state index contributed by atoms with van der Waals surface area (Å²) in [5.41, 5.74) is 2.22. The molecule has 3 rings (SSSR count). The number of amides is 1. The van der Waals surface area contributed by atoms with Crippen LogP contribution < -0.4 is 4.74 Å². The van der Waals surface area contributed by atoms with Gasteiger partial charge in [-0.05, 0) is 62.4 Å². The minimum atomic E-state index is -0.672. The summed E-state index contributed by atoms with van der Waals surface area (Å²) in [5, 5.41) is 11.3. The Kier molecular flexibility index (Phi) is 8.51. The van der Waals surface area contributed by atoms with Crippen LogP contribution in [0.25, 0.3) is 5.76 Å². The Morgan fingerprint density at radius 3 is 2.38 bits per heavy atom. The summed E-state index contributed by atoms with van der Waals surface area (Å²) in [5.74, 6) is -0.329. The number of likely N-dealkylation sites (tertiary alicyclic amines) is 1. The Morgan fingerprint density at radius 2 is 1.76 bits per heavy atom. The van der Waals surface area contributed by atoms with E-state index < -0.39 is 17.7 Å². The summed E-state index contributed by atoms with van der Waals surface area (Å²) in [7, 11) is 0. The lowest BCUT2D eigenvalue weighted by molar-refractivity contribution is -0.140. The van der Waals surface area contributed by atoms with Gasteiger partial charge >= 0.3 is 0 Å². The van der Waals surface area contributed by atoms with Gasteiger partial charge in [0.1, 0.15) is 11.5 Å². The minimum Gasteiger partial charge on any atom is -0.507 e. The zero-order valence-corrected chi connectivity index (χ0v) is 20.7. The van der Waals surface area contributed by atoms with Crippen LogP contribution in [0.1, 0.15) is 56.8 Å². The van der Waals surface area contributed by atoms with Crippen LogP contribution in [-0.2, 0) is 14.3 Å². The molecule has 0 spiro atoms. The summed E-state index contributed by atoms with van der Waals surface area (Å²) < 4.78 is 11.4. The van der Waals surface area contributed by atoms with Gasteiger partial charge in [-0.25, -0.2) is 0 Å². The molecule has 2 aromatic rings. The second kappa shape index (κ2) is 11.3. The third-order valence-corrected chi connectivity index (χ3v) is 5.67. The molecule has 1 amide bonds. The fraction of sp³-hybridized carbons (Fsp3) is 0.429. The molecule has 1 atom stereocenters. The topological polar surface area (TPSA) is 76.1 Å². The van der Waals surface area contributed by atoms with Crippen molar-refractivity contribution in [3.8, 4) is 5.75 Å². The SMILES string of the molecule is Cc1cc(/C(O)=C2/C(=O)C(=O)N(CCCOC(C)C)C2c2ccccc2)ccc1OCC(C)C. The van der Waals surface area contributed by atoms with Crippen LogP contribution in [-0.4, -0.2) is 47.6 Å². The van der Waals surface area contributed by atoms with Crippen molar-refractivity contribution in [1.82, 2.24) is 4.90 Å². The van der Waals surface area contributed by atoms with Gasteiger partial charge in [0.15, 0.2) is 0 Å². The number of rotatable bonds is 10. The molecule has 0 saturated carbocycles. The van der Waals surface area contributed by atoms with Crippen molar-refractivity contribution in [1.29, 1.82) is 0 Å². The molecule has 1 aliphatic heterocycles. The summed E-state index contributed by atoms with van der Waals surface area (Å²) in [6.45, 7) is 11.4. The molecule has 0 bridgehead atoms. The lowest BCUT2D eigenvalue weighted by Crippen LogP contribution is -2.31. The molecule has 0 aliphatic carbocycles. The number of aryl methyl sites for hydroxylation is 1. The van der Waals surface area contributed by atoms with Gasteiger partial charge in [0, 0.05) is 18.7 Å². The molecule has 1 unspecified atom stereocenters. The van der Waals surface area contributed by atoms with Gasteiger partial charge in [-0.15, -0.1) is 0 Å². The molecule has 1 heterocycles. The van der Waals surface area contributed by atoms with Crippen LogP contribution in [0.4, 0.5) is 0 Å². The second-order valence-corrected chi connectivity index (χ2v) is 9.36. The summed E-state index contributed by atoms with van der Waals surface area (Å²) in [6, 6.07) is 14.0. The van der Waals surface area contributed by atoms with E-state index in [-0.39, 0.29) is 17.4 Å². The highest BCUT2D eigenvalue weighted by molar-refractivity contribution is 6.46. The van der Waals surface area contributed by atoms with Crippen molar-refractivity contribution in [3.05, 3.63) is 70.8 Å². The van der Waals surface area contributed by atoms with E-state index in [2.05, 4.69) is 13.8 Å². The maximum atomic E-state index is 13.1. The van der Waals surface area contributed by atoms with Crippen molar-refractivity contribution in [2.24, 2.45) is 5.92 Å². The first kappa shape index (κ1) is 25.5. The number of benzene rings is 2. The molecular formula is C28H35NO5. The van der Waals surface area contributed by atoms with Crippen LogP contribution in [0, 0.1) is 12.8 Å². The predicted molar refractivity (Wildman–Crippen MR) is 133 cm³/mol. The van der Waals surface area contributed by atoms with Crippen molar-refractivity contribution in [2.75, 3.05) is 19.8 Å². The fourth-order valence-corrected chi connectivity index (χ4v) is 4.02. The minimum absolute atomic E-state index is 0.0936. The monoisotopic (exact) mass is 465 g/mol. The molecule has 6 nitrogen and oxygen atoms in total. The van der Waals surface area contributed by atoms with E-state index in [1.165, 1.54) is 0 Å². The lowest BCUT2D eigenvalue weighted by Gasteiger charge is -2.25. The van der Waals surface area contributed by atoms with Gasteiger partial charge in [0.2, 0.25) is 0 Å². The van der Waals surface area contributed by atoms with E-state index in [1.807, 2.05) is 51.1 Å². The Hall–Kier alpha value is -3.12. The number of nitrogens with zero attached hydrogens (tertiary/aromatic N) is 1. The molecule has 1 fully saturated rings. The van der Waals surface area contributed by atoms with E-state index >= 15 is 0 Å². The molecule has 182 valence electrons. The largest absolute Gasteiger partial charge is 0.507 e. The zero-order chi connectivity index (χ0) is 24.8. The number of aliphatic hydroxyl groups excluding tert-OH is 1. The van der Waals surface area contributed by atoms with E-state index in [0.29, 0.717) is 37.7 Å². The zero-order valence-electron chi connectivity index (χ0n) is 20.7. The van der Waals surface area contributed by atoms with Gasteiger partial charge in [0.25, 0.3) is 11.7 Å². The number of carbonyl (C=O) groups excluding carboxylic acids is 2. The Labute approximate surface area is 202 Å². The van der Waals surface area contributed by atoms with Gasteiger partial charge < -0.3 is 19.5 Å². The molecule has 0 aromatic heterocycles. The van der Waals surface area contributed by atoms with Crippen LogP contribution in [0.5, 0.6) is 5.75 Å². The Morgan fingerprint density at radius 1 is 1.06 bits per heavy atom. The highest BCUT2D eigenvalue weighted by Crippen LogP contribution is 2.39. The van der Waals surface area contributed by atoms with E-state index in [4.69, 9.17) is 9.47 Å². The van der Waals surface area contributed by atoms with Crippen LogP contribution in [0.2, 0.25) is 0 Å². The van der Waals surface area contributed by atoms with Gasteiger partial charge in [-0.1, -0.05) is 44.2 Å². The first-order chi connectivity index (χ1) is 16.2. The molecule has 1 N–H and O–H groups in total. The van der Waals surface area contributed by atoms with Gasteiger partial charge in [0.05, 0.1) is 24.3 Å². The van der Waals surface area contributed by atoms with E-state index in [9.17, 15) is 14.7 Å². The second-order valence-electron chi connectivity index (χ2n) is 9.36. The number of hydrogen-bond acceptors (Lipinski definition) is 5. The summed E-state index contributed by atoms with van der Waals surface area (Å²) in [6.07, 6.45) is 0.686. The van der Waals surface area contributed by atoms with Crippen molar-refractivity contribution in [3.63, 3.8) is 0 Å². The molecular weight excluding hydrogens is 430 g/mol. The molecule has 1 aliphatic rings. The van der Waals surface area contributed by atoms with Crippen LogP contribution in [0.3, 0.4) is 0 Å². The highest BCUT2D eigenvalue weighted by atomic mass is 16.5. The first-order valence-corrected chi connectivity index (χ1v) is 11.9. The maximum Gasteiger partial charge on any atom is 0.295 e. The Balaban J connectivity index is 1.97. The summed E-state index contributed by atoms with van der Waals surface area (Å²) in [4.78, 5) is 27.7. The number of Topliss-reactive ketones (excluding diaryl/α,β-unsaturated/α-hetero) is 1. The van der Waals surface area contributed by atoms with E-state index in [0.717, 1.165) is 16.9 Å².